The minimum absolute atomic E-state index is 0.712. The van der Waals surface area contributed by atoms with Gasteiger partial charge in [0.05, 0.1) is 0 Å². The Balaban J connectivity index is 1.90. The van der Waals surface area contributed by atoms with Gasteiger partial charge in [0.1, 0.15) is 0 Å². The molecule has 0 aromatic heterocycles. The molecule has 15 heavy (non-hydrogen) atoms. The van der Waals surface area contributed by atoms with E-state index in [1.807, 2.05) is 0 Å². The fourth-order valence-electron chi connectivity index (χ4n) is 2.35. The highest BCUT2D eigenvalue weighted by Gasteiger charge is 2.19. The van der Waals surface area contributed by atoms with Crippen LogP contribution in [-0.2, 0) is 13.1 Å². The van der Waals surface area contributed by atoms with Crippen LogP contribution in [0.5, 0.6) is 0 Å². The van der Waals surface area contributed by atoms with Crippen LogP contribution in [0.2, 0.25) is 0 Å². The van der Waals surface area contributed by atoms with E-state index in [1.165, 1.54) is 17.7 Å². The van der Waals surface area contributed by atoms with Crippen LogP contribution in [0.25, 0.3) is 0 Å². The van der Waals surface area contributed by atoms with Crippen LogP contribution in [0.15, 0.2) is 24.3 Å². The van der Waals surface area contributed by atoms with E-state index in [2.05, 4.69) is 36.1 Å². The summed E-state index contributed by atoms with van der Waals surface area (Å²) < 4.78 is 0. The molecule has 0 amide bonds. The molecule has 2 heteroatoms. The maximum absolute atomic E-state index is 5.57. The third-order valence-electron chi connectivity index (χ3n) is 3.14. The van der Waals surface area contributed by atoms with Crippen molar-refractivity contribution in [2.24, 2.45) is 11.7 Å². The Labute approximate surface area is 92.1 Å². The van der Waals surface area contributed by atoms with Crippen LogP contribution in [0.1, 0.15) is 24.5 Å². The van der Waals surface area contributed by atoms with Gasteiger partial charge in [-0.2, -0.15) is 0 Å². The van der Waals surface area contributed by atoms with Crippen LogP contribution in [0, 0.1) is 5.92 Å². The molecule has 82 valence electrons. The molecule has 1 heterocycles. The van der Waals surface area contributed by atoms with E-state index in [1.54, 1.807) is 0 Å². The predicted molar refractivity (Wildman–Crippen MR) is 63.4 cm³/mol. The minimum atomic E-state index is 0.712. The number of rotatable bonds is 4. The maximum Gasteiger partial charge on any atom is 0.0240 e. The largest absolute Gasteiger partial charge is 0.330 e. The molecule has 1 atom stereocenters. The Hall–Kier alpha value is -0.860. The fourth-order valence-corrected chi connectivity index (χ4v) is 2.35. The van der Waals surface area contributed by atoms with Gasteiger partial charge >= 0.3 is 0 Å². The molecule has 0 fully saturated rings. The molecule has 0 bridgehead atoms. The van der Waals surface area contributed by atoms with E-state index in [4.69, 9.17) is 5.73 Å². The number of hydrogen-bond donors (Lipinski definition) is 1. The highest BCUT2D eigenvalue weighted by atomic mass is 15.1. The summed E-state index contributed by atoms with van der Waals surface area (Å²) >= 11 is 0. The summed E-state index contributed by atoms with van der Waals surface area (Å²) in [5, 5.41) is 0. The second kappa shape index (κ2) is 4.77. The topological polar surface area (TPSA) is 29.3 Å². The predicted octanol–water partition coefficient (Wildman–Crippen LogP) is 1.99. The Morgan fingerprint density at radius 3 is 2.40 bits per heavy atom. The number of benzene rings is 1. The van der Waals surface area contributed by atoms with Crippen molar-refractivity contribution in [2.75, 3.05) is 13.1 Å². The molecule has 1 aliphatic rings. The lowest BCUT2D eigenvalue weighted by Crippen LogP contribution is -2.24. The van der Waals surface area contributed by atoms with Gasteiger partial charge in [-0.25, -0.2) is 0 Å². The van der Waals surface area contributed by atoms with Crippen molar-refractivity contribution in [2.45, 2.75) is 26.4 Å². The zero-order valence-electron chi connectivity index (χ0n) is 9.45. The van der Waals surface area contributed by atoms with Crippen LogP contribution in [0.3, 0.4) is 0 Å². The van der Waals surface area contributed by atoms with Crippen LogP contribution < -0.4 is 5.73 Å². The van der Waals surface area contributed by atoms with Crippen LogP contribution in [0.4, 0.5) is 0 Å². The van der Waals surface area contributed by atoms with E-state index >= 15 is 0 Å². The monoisotopic (exact) mass is 204 g/mol. The van der Waals surface area contributed by atoms with Gasteiger partial charge in [0, 0.05) is 19.6 Å². The summed E-state index contributed by atoms with van der Waals surface area (Å²) in [7, 11) is 0. The van der Waals surface area contributed by atoms with Crippen molar-refractivity contribution in [1.29, 1.82) is 0 Å². The van der Waals surface area contributed by atoms with Gasteiger partial charge in [0.15, 0.2) is 0 Å². The third-order valence-corrected chi connectivity index (χ3v) is 3.14. The van der Waals surface area contributed by atoms with Crippen molar-refractivity contribution >= 4 is 0 Å². The molecule has 0 saturated carbocycles. The van der Waals surface area contributed by atoms with Gasteiger partial charge in [0.25, 0.3) is 0 Å². The third kappa shape index (κ3) is 2.58. The Bertz CT molecular complexity index is 297. The number of nitrogens with zero attached hydrogens (tertiary/aromatic N) is 1. The molecule has 1 aromatic carbocycles. The lowest BCUT2D eigenvalue weighted by atomic mass is 10.1. The highest BCUT2D eigenvalue weighted by Crippen LogP contribution is 2.23. The molecule has 1 aromatic rings. The van der Waals surface area contributed by atoms with Gasteiger partial charge in [-0.15, -0.1) is 0 Å². The summed E-state index contributed by atoms with van der Waals surface area (Å²) in [6, 6.07) is 8.74. The number of nitrogens with two attached hydrogens (primary N) is 1. The molecule has 2 rings (SSSR count). The van der Waals surface area contributed by atoms with Gasteiger partial charge < -0.3 is 5.73 Å². The molecule has 2 N–H and O–H groups in total. The van der Waals surface area contributed by atoms with Gasteiger partial charge in [-0.3, -0.25) is 4.90 Å². The van der Waals surface area contributed by atoms with Crippen molar-refractivity contribution < 1.29 is 0 Å². The summed E-state index contributed by atoms with van der Waals surface area (Å²) in [5.41, 5.74) is 8.56. The molecular formula is C13H20N2. The second-order valence-electron chi connectivity index (χ2n) is 4.62. The summed E-state index contributed by atoms with van der Waals surface area (Å²) in [6.45, 7) is 6.50. The lowest BCUT2D eigenvalue weighted by molar-refractivity contribution is 0.239. The summed E-state index contributed by atoms with van der Waals surface area (Å²) in [5.74, 6) is 0.712. The first-order valence-electron chi connectivity index (χ1n) is 5.79. The van der Waals surface area contributed by atoms with Crippen molar-refractivity contribution in [3.05, 3.63) is 35.4 Å². The van der Waals surface area contributed by atoms with Crippen molar-refractivity contribution in [3.63, 3.8) is 0 Å². The molecule has 0 spiro atoms. The fraction of sp³-hybridized carbons (Fsp3) is 0.538. The lowest BCUT2D eigenvalue weighted by Gasteiger charge is -2.19. The Morgan fingerprint density at radius 2 is 1.87 bits per heavy atom. The van der Waals surface area contributed by atoms with Crippen LogP contribution in [-0.4, -0.2) is 18.0 Å². The molecular weight excluding hydrogens is 184 g/mol. The molecule has 2 nitrogen and oxygen atoms in total. The first-order chi connectivity index (χ1) is 7.29. The number of hydrogen-bond acceptors (Lipinski definition) is 2. The smallest absolute Gasteiger partial charge is 0.0240 e. The van der Waals surface area contributed by atoms with Crippen molar-refractivity contribution in [1.82, 2.24) is 4.90 Å². The standard InChI is InChI=1S/C13H20N2/c1-11(6-7-14)8-15-9-12-4-2-3-5-13(12)10-15/h2-5,11H,6-10,14H2,1H3. The van der Waals surface area contributed by atoms with Crippen LogP contribution >= 0.6 is 0 Å². The number of fused-ring (bicyclic) bond motifs is 1. The zero-order valence-corrected chi connectivity index (χ0v) is 9.45. The molecule has 0 radical (unpaired) electrons. The van der Waals surface area contributed by atoms with Gasteiger partial charge in [0.2, 0.25) is 0 Å². The maximum atomic E-state index is 5.57. The quantitative estimate of drug-likeness (QED) is 0.812. The molecule has 1 aliphatic heterocycles. The average Bonchev–Trinajstić information content (AvgIpc) is 2.59. The Kier molecular flexibility index (Phi) is 3.39. The van der Waals surface area contributed by atoms with E-state index in [0.717, 1.165) is 26.1 Å². The zero-order chi connectivity index (χ0) is 10.7. The molecule has 1 unspecified atom stereocenters. The Morgan fingerprint density at radius 1 is 1.27 bits per heavy atom. The van der Waals surface area contributed by atoms with E-state index in [9.17, 15) is 0 Å². The van der Waals surface area contributed by atoms with E-state index < -0.39 is 0 Å². The van der Waals surface area contributed by atoms with Crippen molar-refractivity contribution in [3.8, 4) is 0 Å². The van der Waals surface area contributed by atoms with E-state index in [-0.39, 0.29) is 0 Å². The first-order valence-corrected chi connectivity index (χ1v) is 5.79. The minimum Gasteiger partial charge on any atom is -0.330 e. The SMILES string of the molecule is CC(CCN)CN1Cc2ccccc2C1. The van der Waals surface area contributed by atoms with Gasteiger partial charge in [-0.1, -0.05) is 31.2 Å². The first kappa shape index (κ1) is 10.7. The van der Waals surface area contributed by atoms with Gasteiger partial charge in [-0.05, 0) is 30.0 Å². The summed E-state index contributed by atoms with van der Waals surface area (Å²) in [6.07, 6.45) is 1.13. The second-order valence-corrected chi connectivity index (χ2v) is 4.62. The molecule has 0 aliphatic carbocycles. The molecule has 0 saturated heterocycles. The normalized spacial score (nSPS) is 17.7. The average molecular weight is 204 g/mol. The van der Waals surface area contributed by atoms with E-state index in [0.29, 0.717) is 5.92 Å². The highest BCUT2D eigenvalue weighted by molar-refractivity contribution is 5.30. The summed E-state index contributed by atoms with van der Waals surface area (Å²) in [4.78, 5) is 2.52.